The molecule has 2 aromatic carbocycles. The molecule has 3 N–H and O–H groups in total. The number of nitrogens with zero attached hydrogens (tertiary/aromatic N) is 4. The maximum absolute atomic E-state index is 6.05. The Hall–Kier alpha value is -3.12. The van der Waals surface area contributed by atoms with Crippen LogP contribution in [0.25, 0.3) is 10.9 Å². The minimum Gasteiger partial charge on any atom is -0.384 e. The van der Waals surface area contributed by atoms with Crippen LogP contribution in [0.4, 0.5) is 17.3 Å². The van der Waals surface area contributed by atoms with E-state index >= 15 is 0 Å². The SMILES string of the molecule is Nc1cc(Nc2ccc3c(cnn3Cc3cccc(Cl)c3)c2)ncn1. The van der Waals surface area contributed by atoms with Gasteiger partial charge in [-0.3, -0.25) is 4.68 Å². The van der Waals surface area contributed by atoms with Crippen molar-refractivity contribution in [2.45, 2.75) is 6.54 Å². The second-order valence-corrected chi connectivity index (χ2v) is 6.10. The molecule has 6 nitrogen and oxygen atoms in total. The van der Waals surface area contributed by atoms with E-state index in [1.165, 1.54) is 6.33 Å². The number of aromatic nitrogens is 4. The first kappa shape index (κ1) is 15.4. The second-order valence-electron chi connectivity index (χ2n) is 5.66. The number of hydrogen-bond acceptors (Lipinski definition) is 5. The Kier molecular flexibility index (Phi) is 3.95. The van der Waals surface area contributed by atoms with Crippen molar-refractivity contribution in [3.8, 4) is 0 Å². The van der Waals surface area contributed by atoms with Crippen molar-refractivity contribution in [2.75, 3.05) is 11.1 Å². The number of rotatable bonds is 4. The van der Waals surface area contributed by atoms with Gasteiger partial charge >= 0.3 is 0 Å². The van der Waals surface area contributed by atoms with Crippen LogP contribution in [-0.4, -0.2) is 19.7 Å². The molecule has 0 fully saturated rings. The lowest BCUT2D eigenvalue weighted by Crippen LogP contribution is -2.01. The molecule has 0 aliphatic carbocycles. The van der Waals surface area contributed by atoms with E-state index in [-0.39, 0.29) is 0 Å². The molecule has 2 aromatic heterocycles. The van der Waals surface area contributed by atoms with Crippen LogP contribution < -0.4 is 11.1 Å². The molecule has 25 heavy (non-hydrogen) atoms. The lowest BCUT2D eigenvalue weighted by atomic mass is 10.2. The van der Waals surface area contributed by atoms with Crippen LogP contribution in [0.2, 0.25) is 5.02 Å². The Morgan fingerprint density at radius 1 is 1.08 bits per heavy atom. The first-order chi connectivity index (χ1) is 12.2. The van der Waals surface area contributed by atoms with Crippen LogP contribution in [0.5, 0.6) is 0 Å². The van der Waals surface area contributed by atoms with Crippen LogP contribution in [-0.2, 0) is 6.54 Å². The van der Waals surface area contributed by atoms with Crippen LogP contribution in [0.3, 0.4) is 0 Å². The van der Waals surface area contributed by atoms with Crippen molar-refractivity contribution in [3.05, 3.63) is 71.6 Å². The third-order valence-electron chi connectivity index (χ3n) is 3.82. The van der Waals surface area contributed by atoms with Gasteiger partial charge in [-0.05, 0) is 35.9 Å². The van der Waals surface area contributed by atoms with Crippen LogP contribution >= 0.6 is 11.6 Å². The first-order valence-electron chi connectivity index (χ1n) is 7.72. The highest BCUT2D eigenvalue weighted by atomic mass is 35.5. The fourth-order valence-corrected chi connectivity index (χ4v) is 2.90. The molecule has 0 radical (unpaired) electrons. The van der Waals surface area contributed by atoms with Gasteiger partial charge in [0.15, 0.2) is 0 Å². The summed E-state index contributed by atoms with van der Waals surface area (Å²) in [5, 5.41) is 9.46. The predicted octanol–water partition coefficient (Wildman–Crippen LogP) is 3.85. The number of benzene rings is 2. The summed E-state index contributed by atoms with van der Waals surface area (Å²) in [6.07, 6.45) is 3.28. The molecule has 0 spiro atoms. The van der Waals surface area contributed by atoms with Crippen molar-refractivity contribution in [1.29, 1.82) is 0 Å². The lowest BCUT2D eigenvalue weighted by molar-refractivity contribution is 0.712. The predicted molar refractivity (Wildman–Crippen MR) is 100 cm³/mol. The highest BCUT2D eigenvalue weighted by Gasteiger charge is 2.06. The smallest absolute Gasteiger partial charge is 0.135 e. The second kappa shape index (κ2) is 6.41. The van der Waals surface area contributed by atoms with Gasteiger partial charge in [-0.25, -0.2) is 9.97 Å². The molecule has 4 rings (SSSR count). The van der Waals surface area contributed by atoms with Gasteiger partial charge in [-0.15, -0.1) is 0 Å². The molecule has 2 heterocycles. The fourth-order valence-electron chi connectivity index (χ4n) is 2.69. The summed E-state index contributed by atoms with van der Waals surface area (Å²) < 4.78 is 1.95. The number of nitrogens with one attached hydrogen (secondary N) is 1. The van der Waals surface area contributed by atoms with E-state index in [1.54, 1.807) is 6.07 Å². The monoisotopic (exact) mass is 350 g/mol. The Bertz CT molecular complexity index is 1040. The Balaban J connectivity index is 1.60. The molecular formula is C18H15ClN6. The van der Waals surface area contributed by atoms with E-state index in [2.05, 4.69) is 20.4 Å². The van der Waals surface area contributed by atoms with Crippen molar-refractivity contribution in [3.63, 3.8) is 0 Å². The minimum atomic E-state index is 0.424. The maximum atomic E-state index is 6.05. The summed E-state index contributed by atoms with van der Waals surface area (Å²) in [6.45, 7) is 0.666. The molecule has 0 unspecified atom stereocenters. The van der Waals surface area contributed by atoms with Gasteiger partial charge < -0.3 is 11.1 Å². The largest absolute Gasteiger partial charge is 0.384 e. The Labute approximate surface area is 149 Å². The average molecular weight is 351 g/mol. The third-order valence-corrected chi connectivity index (χ3v) is 4.06. The summed E-state index contributed by atoms with van der Waals surface area (Å²) in [5.74, 6) is 1.08. The normalized spacial score (nSPS) is 10.9. The standard InChI is InChI=1S/C18H15ClN6/c19-14-3-1-2-12(6-14)10-25-16-5-4-15(7-13(16)9-23-25)24-18-8-17(20)21-11-22-18/h1-9,11H,10H2,(H3,20,21,22,24). The zero-order valence-corrected chi connectivity index (χ0v) is 14.0. The van der Waals surface area contributed by atoms with Crippen molar-refractivity contribution in [1.82, 2.24) is 19.7 Å². The van der Waals surface area contributed by atoms with Crippen LogP contribution in [0, 0.1) is 0 Å². The van der Waals surface area contributed by atoms with Gasteiger partial charge in [0.05, 0.1) is 18.3 Å². The van der Waals surface area contributed by atoms with Gasteiger partial charge in [-0.2, -0.15) is 5.10 Å². The Morgan fingerprint density at radius 3 is 2.84 bits per heavy atom. The lowest BCUT2D eigenvalue weighted by Gasteiger charge is -2.07. The van der Waals surface area contributed by atoms with E-state index < -0.39 is 0 Å². The van der Waals surface area contributed by atoms with Crippen molar-refractivity contribution < 1.29 is 0 Å². The molecule has 7 heteroatoms. The van der Waals surface area contributed by atoms with E-state index in [0.29, 0.717) is 18.2 Å². The summed E-state index contributed by atoms with van der Waals surface area (Å²) in [4.78, 5) is 8.03. The van der Waals surface area contributed by atoms with Gasteiger partial charge in [-0.1, -0.05) is 23.7 Å². The quantitative estimate of drug-likeness (QED) is 0.584. The third kappa shape index (κ3) is 3.39. The van der Waals surface area contributed by atoms with Crippen LogP contribution in [0.15, 0.2) is 61.1 Å². The van der Waals surface area contributed by atoms with Gasteiger partial charge in [0.1, 0.15) is 18.0 Å². The van der Waals surface area contributed by atoms with E-state index in [4.69, 9.17) is 17.3 Å². The zero-order chi connectivity index (χ0) is 17.2. The summed E-state index contributed by atoms with van der Waals surface area (Å²) >= 11 is 6.05. The van der Waals surface area contributed by atoms with Crippen LogP contribution in [0.1, 0.15) is 5.56 Å². The maximum Gasteiger partial charge on any atom is 0.135 e. The topological polar surface area (TPSA) is 81.6 Å². The number of fused-ring (bicyclic) bond motifs is 1. The van der Waals surface area contributed by atoms with Crippen molar-refractivity contribution >= 4 is 39.8 Å². The Morgan fingerprint density at radius 2 is 2.00 bits per heavy atom. The number of anilines is 3. The molecule has 0 aliphatic rings. The molecule has 0 saturated carbocycles. The zero-order valence-electron chi connectivity index (χ0n) is 13.2. The highest BCUT2D eigenvalue weighted by molar-refractivity contribution is 6.30. The van der Waals surface area contributed by atoms with E-state index in [0.717, 1.165) is 27.2 Å². The number of halogens is 1. The summed E-state index contributed by atoms with van der Waals surface area (Å²) in [5.41, 5.74) is 8.74. The molecule has 124 valence electrons. The molecule has 0 amide bonds. The fraction of sp³-hybridized carbons (Fsp3) is 0.0556. The van der Waals surface area contributed by atoms with Gasteiger partial charge in [0.2, 0.25) is 0 Å². The van der Waals surface area contributed by atoms with E-state index in [1.807, 2.05) is 53.3 Å². The first-order valence-corrected chi connectivity index (χ1v) is 8.10. The molecule has 0 aliphatic heterocycles. The molecular weight excluding hydrogens is 336 g/mol. The van der Waals surface area contributed by atoms with Gasteiger partial charge in [0, 0.05) is 22.2 Å². The summed E-state index contributed by atoms with van der Waals surface area (Å²) in [7, 11) is 0. The summed E-state index contributed by atoms with van der Waals surface area (Å²) in [6, 6.07) is 15.5. The minimum absolute atomic E-state index is 0.424. The molecule has 0 atom stereocenters. The highest BCUT2D eigenvalue weighted by Crippen LogP contribution is 2.23. The van der Waals surface area contributed by atoms with Gasteiger partial charge in [0.25, 0.3) is 0 Å². The molecule has 0 saturated heterocycles. The van der Waals surface area contributed by atoms with Crippen molar-refractivity contribution in [2.24, 2.45) is 0 Å². The molecule has 4 aromatic rings. The number of nitrogens with two attached hydrogens (primary N) is 1. The number of nitrogen functional groups attached to an aromatic ring is 1. The average Bonchev–Trinajstić information content (AvgIpc) is 2.97. The van der Waals surface area contributed by atoms with E-state index in [9.17, 15) is 0 Å². The number of hydrogen-bond donors (Lipinski definition) is 2. The molecule has 0 bridgehead atoms.